The van der Waals surface area contributed by atoms with Crippen molar-refractivity contribution in [3.8, 4) is 0 Å². The van der Waals surface area contributed by atoms with Crippen LogP contribution in [0.3, 0.4) is 0 Å². The Hall–Kier alpha value is -5.20. The van der Waals surface area contributed by atoms with E-state index in [1.807, 2.05) is 91.1 Å². The lowest BCUT2D eigenvalue weighted by Crippen LogP contribution is -2.65. The molecule has 0 unspecified atom stereocenters. The van der Waals surface area contributed by atoms with E-state index in [4.69, 9.17) is 18.9 Å². The van der Waals surface area contributed by atoms with E-state index in [0.29, 0.717) is 38.9 Å². The van der Waals surface area contributed by atoms with Crippen molar-refractivity contribution in [3.63, 3.8) is 0 Å². The number of fused-ring (bicyclic) bond motifs is 1. The zero-order valence-electron chi connectivity index (χ0n) is 30.0. The minimum Gasteiger partial charge on any atom is -0.467 e. The van der Waals surface area contributed by atoms with Crippen LogP contribution in [0.1, 0.15) is 55.2 Å². The topological polar surface area (TPSA) is 157 Å². The van der Waals surface area contributed by atoms with Crippen LogP contribution in [0.4, 0.5) is 4.79 Å². The fourth-order valence-electron chi connectivity index (χ4n) is 7.44. The Morgan fingerprint density at radius 3 is 2.26 bits per heavy atom. The average molecular weight is 725 g/mol. The Kier molecular flexibility index (Phi) is 12.8. The number of nitrogens with one attached hydrogen (secondary N) is 4. The number of methoxy groups -OCH3 is 1. The Balaban J connectivity index is 1.15. The van der Waals surface area contributed by atoms with Gasteiger partial charge in [0, 0.05) is 42.3 Å². The summed E-state index contributed by atoms with van der Waals surface area (Å²) in [7, 11) is 1.30. The maximum Gasteiger partial charge on any atom is 0.408 e. The van der Waals surface area contributed by atoms with E-state index in [2.05, 4.69) is 20.9 Å². The number of aromatic amines is 1. The fraction of sp³-hybridized carbons (Fsp3) is 0.415. The van der Waals surface area contributed by atoms with Crippen LogP contribution in [0.5, 0.6) is 0 Å². The molecule has 1 saturated heterocycles. The molecule has 53 heavy (non-hydrogen) atoms. The first-order valence-corrected chi connectivity index (χ1v) is 18.4. The molecular formula is C41H48N4O8. The van der Waals surface area contributed by atoms with Crippen LogP contribution in [0, 0.1) is 5.92 Å². The molecule has 4 N–H and O–H groups in total. The van der Waals surface area contributed by atoms with Crippen LogP contribution in [-0.4, -0.2) is 73.1 Å². The van der Waals surface area contributed by atoms with Crippen molar-refractivity contribution < 1.29 is 38.1 Å². The molecular weight excluding hydrogens is 676 g/mol. The van der Waals surface area contributed by atoms with Crippen LogP contribution in [0.25, 0.3) is 10.9 Å². The van der Waals surface area contributed by atoms with Gasteiger partial charge in [-0.1, -0.05) is 85.3 Å². The quantitative estimate of drug-likeness (QED) is 0.131. The Labute approximate surface area is 309 Å². The molecule has 6 rings (SSSR count). The number of aromatic nitrogens is 1. The lowest BCUT2D eigenvalue weighted by atomic mass is 9.76. The fourth-order valence-corrected chi connectivity index (χ4v) is 7.44. The summed E-state index contributed by atoms with van der Waals surface area (Å²) in [4.78, 5) is 56.5. The molecule has 1 aromatic heterocycles. The van der Waals surface area contributed by atoms with Gasteiger partial charge in [-0.3, -0.25) is 9.59 Å². The van der Waals surface area contributed by atoms with Crippen LogP contribution in [-0.2, 0) is 52.8 Å². The number of amides is 3. The normalized spacial score (nSPS) is 19.1. The molecule has 1 aliphatic carbocycles. The van der Waals surface area contributed by atoms with E-state index < -0.39 is 41.9 Å². The number of alkyl carbamates (subject to hydrolysis) is 1. The van der Waals surface area contributed by atoms with Crippen LogP contribution in [0.2, 0.25) is 0 Å². The highest BCUT2D eigenvalue weighted by molar-refractivity contribution is 5.88. The molecule has 2 aliphatic rings. The molecule has 1 saturated carbocycles. The van der Waals surface area contributed by atoms with Crippen molar-refractivity contribution in [1.82, 2.24) is 20.9 Å². The summed E-state index contributed by atoms with van der Waals surface area (Å²) in [6, 6.07) is 24.2. The maximum absolute atomic E-state index is 14.2. The largest absolute Gasteiger partial charge is 0.467 e. The molecule has 12 heteroatoms. The molecule has 3 aromatic carbocycles. The third kappa shape index (κ3) is 9.62. The number of esters is 1. The van der Waals surface area contributed by atoms with Crippen molar-refractivity contribution in [2.45, 2.75) is 81.9 Å². The van der Waals surface area contributed by atoms with Gasteiger partial charge in [0.25, 0.3) is 0 Å². The number of hydrogen-bond acceptors (Lipinski definition) is 8. The van der Waals surface area contributed by atoms with Crippen LogP contribution < -0.4 is 16.0 Å². The lowest BCUT2D eigenvalue weighted by molar-refractivity contribution is -0.317. The molecule has 1 spiro atoms. The number of carbonyl (C=O) groups excluding carboxylic acids is 4. The van der Waals surface area contributed by atoms with Crippen molar-refractivity contribution in [2.75, 3.05) is 20.3 Å². The molecule has 280 valence electrons. The maximum atomic E-state index is 14.2. The lowest BCUT2D eigenvalue weighted by Gasteiger charge is -2.50. The zero-order valence-corrected chi connectivity index (χ0v) is 30.0. The molecule has 4 aromatic rings. The van der Waals surface area contributed by atoms with Gasteiger partial charge in [0.05, 0.1) is 26.4 Å². The van der Waals surface area contributed by atoms with Gasteiger partial charge in [0.2, 0.25) is 11.8 Å². The minimum absolute atomic E-state index is 0.0589. The Morgan fingerprint density at radius 1 is 0.830 bits per heavy atom. The molecule has 2 fully saturated rings. The van der Waals surface area contributed by atoms with Gasteiger partial charge in [-0.15, -0.1) is 0 Å². The number of para-hydroxylation sites is 1. The summed E-state index contributed by atoms with van der Waals surface area (Å²) < 4.78 is 23.4. The second-order valence-electron chi connectivity index (χ2n) is 13.7. The Morgan fingerprint density at radius 2 is 1.53 bits per heavy atom. The predicted octanol–water partition coefficient (Wildman–Crippen LogP) is 5.10. The zero-order chi connectivity index (χ0) is 37.0. The van der Waals surface area contributed by atoms with Gasteiger partial charge < -0.3 is 39.9 Å². The SMILES string of the molecule is COC(=O)[C@H](Cc1ccccc1)NC(=O)CC[C@H]1CCC[C@@H](NC(=O)[C@H](Cc2c[nH]c3ccccc23)NC(=O)OCc2ccccc2)C12OCCCO2. The third-order valence-corrected chi connectivity index (χ3v) is 10.1. The monoisotopic (exact) mass is 724 g/mol. The molecule has 0 bridgehead atoms. The van der Waals surface area contributed by atoms with E-state index in [1.54, 1.807) is 0 Å². The van der Waals surface area contributed by atoms with Gasteiger partial charge in [0.15, 0.2) is 5.79 Å². The first kappa shape index (κ1) is 37.6. The number of hydrogen-bond donors (Lipinski definition) is 4. The van der Waals surface area contributed by atoms with Gasteiger partial charge in [-0.05, 0) is 48.4 Å². The van der Waals surface area contributed by atoms with Crippen molar-refractivity contribution in [3.05, 3.63) is 108 Å². The second kappa shape index (κ2) is 18.0. The number of ether oxygens (including phenoxy) is 4. The first-order chi connectivity index (χ1) is 25.8. The number of H-pyrrole nitrogens is 1. The van der Waals surface area contributed by atoms with Crippen molar-refractivity contribution >= 4 is 34.8 Å². The van der Waals surface area contributed by atoms with E-state index in [-0.39, 0.29) is 31.3 Å². The summed E-state index contributed by atoms with van der Waals surface area (Å²) in [6.07, 6.45) is 4.99. The molecule has 1 aliphatic heterocycles. The number of rotatable bonds is 14. The first-order valence-electron chi connectivity index (χ1n) is 18.4. The molecule has 3 amide bonds. The summed E-state index contributed by atoms with van der Waals surface area (Å²) in [5, 5.41) is 9.81. The number of benzene rings is 3. The van der Waals surface area contributed by atoms with Crippen molar-refractivity contribution in [1.29, 1.82) is 0 Å². The van der Waals surface area contributed by atoms with E-state index >= 15 is 0 Å². The average Bonchev–Trinajstić information content (AvgIpc) is 3.60. The van der Waals surface area contributed by atoms with Gasteiger partial charge >= 0.3 is 12.1 Å². The van der Waals surface area contributed by atoms with Crippen LogP contribution in [0.15, 0.2) is 91.1 Å². The highest BCUT2D eigenvalue weighted by atomic mass is 16.7. The molecule has 0 radical (unpaired) electrons. The highest BCUT2D eigenvalue weighted by Crippen LogP contribution is 2.42. The van der Waals surface area contributed by atoms with E-state index in [0.717, 1.165) is 40.4 Å². The summed E-state index contributed by atoms with van der Waals surface area (Å²) >= 11 is 0. The molecule has 4 atom stereocenters. The predicted molar refractivity (Wildman–Crippen MR) is 197 cm³/mol. The summed E-state index contributed by atoms with van der Waals surface area (Å²) in [6.45, 7) is 0.947. The Bertz CT molecular complexity index is 1830. The minimum atomic E-state index is -1.16. The van der Waals surface area contributed by atoms with Crippen LogP contribution >= 0.6 is 0 Å². The molecule has 2 heterocycles. The number of carbonyl (C=O) groups is 4. The second-order valence-corrected chi connectivity index (χ2v) is 13.7. The third-order valence-electron chi connectivity index (χ3n) is 10.1. The summed E-state index contributed by atoms with van der Waals surface area (Å²) in [5.74, 6) is -2.57. The summed E-state index contributed by atoms with van der Waals surface area (Å²) in [5.41, 5.74) is 3.52. The smallest absolute Gasteiger partial charge is 0.408 e. The standard InChI is InChI=1S/C41H48N4O8/c1-50-39(48)35(24-28-12-4-2-5-13-28)43-37(46)21-20-31-16-10-19-36(41(31)52-22-11-23-53-41)45-38(47)34(25-30-26-42-33-18-9-8-17-32(30)33)44-40(49)51-27-29-14-6-3-7-15-29/h2-9,12-15,17-18,26,31,34-36,42H,10-11,16,19-25,27H2,1H3,(H,43,46)(H,44,49)(H,45,47)/t31-,34+,35+,36-/m1/s1. The highest BCUT2D eigenvalue weighted by Gasteiger charge is 2.52. The molecule has 12 nitrogen and oxygen atoms in total. The van der Waals surface area contributed by atoms with Gasteiger partial charge in [-0.25, -0.2) is 9.59 Å². The van der Waals surface area contributed by atoms with E-state index in [9.17, 15) is 19.2 Å². The van der Waals surface area contributed by atoms with Gasteiger partial charge in [-0.2, -0.15) is 0 Å². The van der Waals surface area contributed by atoms with Crippen molar-refractivity contribution in [2.24, 2.45) is 5.92 Å². The van der Waals surface area contributed by atoms with E-state index in [1.165, 1.54) is 7.11 Å². The van der Waals surface area contributed by atoms with Gasteiger partial charge in [0.1, 0.15) is 18.7 Å².